The maximum Gasteiger partial charge on any atom is 0.234 e. The lowest BCUT2D eigenvalue weighted by Gasteiger charge is -2.12. The van der Waals surface area contributed by atoms with Crippen LogP contribution in [0.2, 0.25) is 5.02 Å². The zero-order valence-electron chi connectivity index (χ0n) is 19.5. The molecule has 0 atom stereocenters. The molecule has 1 heterocycles. The van der Waals surface area contributed by atoms with Crippen molar-refractivity contribution < 1.29 is 9.53 Å². The van der Waals surface area contributed by atoms with E-state index in [2.05, 4.69) is 15.5 Å². The molecule has 8 heteroatoms. The second-order valence-corrected chi connectivity index (χ2v) is 9.32. The molecule has 0 saturated carbocycles. The van der Waals surface area contributed by atoms with Crippen LogP contribution in [-0.4, -0.2) is 33.0 Å². The number of hydrogen-bond donors (Lipinski definition) is 1. The largest absolute Gasteiger partial charge is 0.494 e. The molecule has 0 saturated heterocycles. The Labute approximate surface area is 218 Å². The van der Waals surface area contributed by atoms with E-state index in [9.17, 15) is 4.79 Å². The van der Waals surface area contributed by atoms with Gasteiger partial charge in [-0.1, -0.05) is 71.9 Å². The van der Waals surface area contributed by atoms with Crippen LogP contribution in [0.1, 0.15) is 6.92 Å². The molecule has 1 N–H and O–H groups in total. The highest BCUT2D eigenvalue weighted by atomic mass is 35.5. The molecule has 0 unspecified atom stereocenters. The number of aromatic nitrogens is 3. The van der Waals surface area contributed by atoms with E-state index in [0.717, 1.165) is 33.5 Å². The summed E-state index contributed by atoms with van der Waals surface area (Å²) in [5.41, 5.74) is 2.47. The predicted molar refractivity (Wildman–Crippen MR) is 146 cm³/mol. The highest BCUT2D eigenvalue weighted by molar-refractivity contribution is 7.99. The summed E-state index contributed by atoms with van der Waals surface area (Å²) in [7, 11) is 0. The Morgan fingerprint density at radius 1 is 0.972 bits per heavy atom. The van der Waals surface area contributed by atoms with E-state index in [1.165, 1.54) is 11.8 Å². The summed E-state index contributed by atoms with van der Waals surface area (Å²) in [5, 5.41) is 15.2. The third kappa shape index (κ3) is 5.22. The number of halogens is 1. The van der Waals surface area contributed by atoms with Crippen LogP contribution < -0.4 is 10.1 Å². The molecule has 0 spiro atoms. The first-order chi connectivity index (χ1) is 17.6. The summed E-state index contributed by atoms with van der Waals surface area (Å²) in [6, 6.07) is 29.0. The van der Waals surface area contributed by atoms with E-state index in [1.54, 1.807) is 0 Å². The average molecular weight is 515 g/mol. The van der Waals surface area contributed by atoms with E-state index in [4.69, 9.17) is 16.3 Å². The lowest BCUT2D eigenvalue weighted by atomic mass is 10.1. The van der Waals surface area contributed by atoms with Crippen molar-refractivity contribution in [1.29, 1.82) is 0 Å². The fraction of sp³-hybridized carbons (Fsp3) is 0.107. The van der Waals surface area contributed by atoms with E-state index in [0.29, 0.717) is 22.6 Å². The molecular weight excluding hydrogens is 492 g/mol. The van der Waals surface area contributed by atoms with Gasteiger partial charge >= 0.3 is 0 Å². The molecule has 5 rings (SSSR count). The summed E-state index contributed by atoms with van der Waals surface area (Å²) in [4.78, 5) is 12.9. The minimum absolute atomic E-state index is 0.123. The molecule has 0 aliphatic carbocycles. The highest BCUT2D eigenvalue weighted by Gasteiger charge is 2.18. The van der Waals surface area contributed by atoms with Crippen molar-refractivity contribution in [3.8, 4) is 22.8 Å². The molecule has 1 aromatic heterocycles. The Morgan fingerprint density at radius 3 is 2.56 bits per heavy atom. The topological polar surface area (TPSA) is 69.0 Å². The standard InChI is InChI=1S/C28H23ClN4O2S/c1-2-35-23-15-13-22(14-16-23)33-27(20-9-5-10-21(29)17-20)31-32-28(33)36-18-26(34)30-25-12-6-8-19-7-3-4-11-24(19)25/h3-17H,2,18H2,1H3,(H,30,34). The molecule has 1 amide bonds. The van der Waals surface area contributed by atoms with Crippen molar-refractivity contribution >= 4 is 45.7 Å². The summed E-state index contributed by atoms with van der Waals surface area (Å²) < 4.78 is 7.52. The number of amides is 1. The summed E-state index contributed by atoms with van der Waals surface area (Å²) in [6.45, 7) is 2.54. The van der Waals surface area contributed by atoms with Crippen molar-refractivity contribution in [3.05, 3.63) is 96.0 Å². The summed E-state index contributed by atoms with van der Waals surface area (Å²) >= 11 is 7.57. The molecule has 4 aromatic carbocycles. The van der Waals surface area contributed by atoms with Crippen LogP contribution in [0, 0.1) is 0 Å². The number of anilines is 1. The van der Waals surface area contributed by atoms with Gasteiger partial charge in [0.25, 0.3) is 0 Å². The molecule has 0 bridgehead atoms. The van der Waals surface area contributed by atoms with Crippen LogP contribution in [0.15, 0.2) is 96.2 Å². The molecule has 180 valence electrons. The zero-order valence-corrected chi connectivity index (χ0v) is 21.1. The molecule has 6 nitrogen and oxygen atoms in total. The molecule has 0 aliphatic rings. The van der Waals surface area contributed by atoms with Gasteiger partial charge in [0.2, 0.25) is 5.91 Å². The second-order valence-electron chi connectivity index (χ2n) is 7.94. The smallest absolute Gasteiger partial charge is 0.234 e. The number of carbonyl (C=O) groups excluding carboxylic acids is 1. The Bertz CT molecular complexity index is 1510. The lowest BCUT2D eigenvalue weighted by molar-refractivity contribution is -0.113. The molecule has 0 fully saturated rings. The third-order valence-electron chi connectivity index (χ3n) is 5.52. The first-order valence-corrected chi connectivity index (χ1v) is 12.8. The van der Waals surface area contributed by atoms with Crippen molar-refractivity contribution in [2.45, 2.75) is 12.1 Å². The number of fused-ring (bicyclic) bond motifs is 1. The van der Waals surface area contributed by atoms with Crippen molar-refractivity contribution in [1.82, 2.24) is 14.8 Å². The minimum Gasteiger partial charge on any atom is -0.494 e. The van der Waals surface area contributed by atoms with Crippen LogP contribution in [0.5, 0.6) is 5.75 Å². The van der Waals surface area contributed by atoms with Crippen LogP contribution in [0.4, 0.5) is 5.69 Å². The maximum absolute atomic E-state index is 12.9. The number of carbonyl (C=O) groups is 1. The van der Waals surface area contributed by atoms with Gasteiger partial charge in [0.05, 0.1) is 12.4 Å². The van der Waals surface area contributed by atoms with Crippen LogP contribution >= 0.6 is 23.4 Å². The van der Waals surface area contributed by atoms with Crippen molar-refractivity contribution in [2.24, 2.45) is 0 Å². The fourth-order valence-electron chi connectivity index (χ4n) is 3.92. The van der Waals surface area contributed by atoms with Gasteiger partial charge in [-0.2, -0.15) is 0 Å². The highest BCUT2D eigenvalue weighted by Crippen LogP contribution is 2.30. The SMILES string of the molecule is CCOc1ccc(-n2c(SCC(=O)Nc3cccc4ccccc34)nnc2-c2cccc(Cl)c2)cc1. The lowest BCUT2D eigenvalue weighted by Crippen LogP contribution is -2.14. The van der Waals surface area contributed by atoms with Gasteiger partial charge in [-0.25, -0.2) is 0 Å². The number of rotatable bonds is 8. The zero-order chi connectivity index (χ0) is 24.9. The number of benzene rings is 4. The molecule has 0 aliphatic heterocycles. The average Bonchev–Trinajstić information content (AvgIpc) is 3.32. The second kappa shape index (κ2) is 10.8. The normalized spacial score (nSPS) is 10.9. The predicted octanol–water partition coefficient (Wildman–Crippen LogP) is 6.87. The number of ether oxygens (including phenoxy) is 1. The minimum atomic E-state index is -0.123. The van der Waals surface area contributed by atoms with Gasteiger partial charge in [-0.05, 0) is 54.8 Å². The summed E-state index contributed by atoms with van der Waals surface area (Å²) in [5.74, 6) is 1.47. The maximum atomic E-state index is 12.9. The number of hydrogen-bond acceptors (Lipinski definition) is 5. The Morgan fingerprint density at radius 2 is 1.75 bits per heavy atom. The number of thioether (sulfide) groups is 1. The molecule has 5 aromatic rings. The van der Waals surface area contributed by atoms with Gasteiger partial charge in [0, 0.05) is 27.3 Å². The van der Waals surface area contributed by atoms with Gasteiger partial charge in [-0.3, -0.25) is 9.36 Å². The monoisotopic (exact) mass is 514 g/mol. The Kier molecular flexibility index (Phi) is 7.21. The Hall–Kier alpha value is -3.81. The fourth-order valence-corrected chi connectivity index (χ4v) is 4.86. The van der Waals surface area contributed by atoms with Crippen molar-refractivity contribution in [3.63, 3.8) is 0 Å². The van der Waals surface area contributed by atoms with Crippen molar-refractivity contribution in [2.75, 3.05) is 17.7 Å². The van der Waals surface area contributed by atoms with Gasteiger partial charge in [-0.15, -0.1) is 10.2 Å². The third-order valence-corrected chi connectivity index (χ3v) is 6.68. The van der Waals surface area contributed by atoms with Crippen LogP contribution in [0.3, 0.4) is 0 Å². The van der Waals surface area contributed by atoms with E-state index < -0.39 is 0 Å². The molecular formula is C28H23ClN4O2S. The van der Waals surface area contributed by atoms with E-state index in [-0.39, 0.29) is 11.7 Å². The number of nitrogens with zero attached hydrogens (tertiary/aromatic N) is 3. The van der Waals surface area contributed by atoms with Gasteiger partial charge in [0.1, 0.15) is 5.75 Å². The van der Waals surface area contributed by atoms with E-state index in [1.807, 2.05) is 102 Å². The first kappa shape index (κ1) is 23.9. The molecule has 36 heavy (non-hydrogen) atoms. The summed E-state index contributed by atoms with van der Waals surface area (Å²) in [6.07, 6.45) is 0. The van der Waals surface area contributed by atoms with E-state index >= 15 is 0 Å². The molecule has 0 radical (unpaired) electrons. The quantitative estimate of drug-likeness (QED) is 0.229. The Balaban J connectivity index is 1.42. The van der Waals surface area contributed by atoms with Crippen LogP contribution in [0.25, 0.3) is 27.8 Å². The number of nitrogens with one attached hydrogen (secondary N) is 1. The van der Waals surface area contributed by atoms with Crippen LogP contribution in [-0.2, 0) is 4.79 Å². The van der Waals surface area contributed by atoms with Gasteiger partial charge in [0.15, 0.2) is 11.0 Å². The van der Waals surface area contributed by atoms with Gasteiger partial charge < -0.3 is 10.1 Å². The first-order valence-electron chi connectivity index (χ1n) is 11.5.